The quantitative estimate of drug-likeness (QED) is 0.902. The monoisotopic (exact) mass is 363 g/mol. The molecule has 2 aromatic carbocycles. The third-order valence-electron chi connectivity index (χ3n) is 5.42. The van der Waals surface area contributed by atoms with Gasteiger partial charge in [0.2, 0.25) is 11.8 Å². The Labute approximate surface area is 160 Å². The van der Waals surface area contributed by atoms with Crippen molar-refractivity contribution >= 4 is 28.9 Å². The predicted octanol–water partition coefficient (Wildman–Crippen LogP) is 3.67. The van der Waals surface area contributed by atoms with Gasteiger partial charge in [0.25, 0.3) is 0 Å². The lowest BCUT2D eigenvalue weighted by molar-refractivity contribution is -0.122. The van der Waals surface area contributed by atoms with Gasteiger partial charge >= 0.3 is 0 Å². The lowest BCUT2D eigenvalue weighted by Gasteiger charge is -2.28. The van der Waals surface area contributed by atoms with Gasteiger partial charge in [0.05, 0.1) is 5.92 Å². The summed E-state index contributed by atoms with van der Waals surface area (Å²) in [6, 6.07) is 17.6. The average Bonchev–Trinajstić information content (AvgIpc) is 3.12. The number of hydrogen-bond donors (Lipinski definition) is 1. The van der Waals surface area contributed by atoms with E-state index in [4.69, 9.17) is 0 Å². The summed E-state index contributed by atoms with van der Waals surface area (Å²) < 4.78 is 0. The van der Waals surface area contributed by atoms with Gasteiger partial charge in [0.15, 0.2) is 0 Å². The molecule has 1 unspecified atom stereocenters. The van der Waals surface area contributed by atoms with Crippen LogP contribution in [-0.4, -0.2) is 31.4 Å². The van der Waals surface area contributed by atoms with Crippen LogP contribution in [0.5, 0.6) is 0 Å². The molecular weight excluding hydrogens is 338 g/mol. The van der Waals surface area contributed by atoms with Crippen LogP contribution in [0, 0.1) is 5.92 Å². The highest BCUT2D eigenvalue weighted by atomic mass is 16.2. The van der Waals surface area contributed by atoms with Crippen molar-refractivity contribution in [2.24, 2.45) is 5.92 Å². The zero-order chi connectivity index (χ0) is 18.6. The minimum Gasteiger partial charge on any atom is -0.372 e. The van der Waals surface area contributed by atoms with Gasteiger partial charge in [0.1, 0.15) is 0 Å². The van der Waals surface area contributed by atoms with Gasteiger partial charge in [-0.05, 0) is 55.7 Å². The maximum atomic E-state index is 12.6. The van der Waals surface area contributed by atoms with Gasteiger partial charge in [-0.25, -0.2) is 0 Å². The Kier molecular flexibility index (Phi) is 5.10. The molecule has 1 N–H and O–H groups in total. The SMILES string of the molecule is O=C(Nc1ccc(N2CCCCC2)cc1)C1CC(=O)N(c2ccccc2)C1. The average molecular weight is 363 g/mol. The van der Waals surface area contributed by atoms with E-state index in [2.05, 4.69) is 22.3 Å². The highest BCUT2D eigenvalue weighted by Gasteiger charge is 2.35. The second-order valence-electron chi connectivity index (χ2n) is 7.32. The molecule has 2 saturated heterocycles. The molecule has 1 atom stereocenters. The molecule has 5 nitrogen and oxygen atoms in total. The topological polar surface area (TPSA) is 52.7 Å². The zero-order valence-corrected chi connectivity index (χ0v) is 15.4. The standard InChI is InChI=1S/C22H25N3O2/c26-21-15-17(16-25(21)20-7-3-1-4-8-20)22(27)23-18-9-11-19(12-10-18)24-13-5-2-6-14-24/h1,3-4,7-12,17H,2,5-6,13-16H2,(H,23,27). The smallest absolute Gasteiger partial charge is 0.229 e. The van der Waals surface area contributed by atoms with Crippen molar-refractivity contribution < 1.29 is 9.59 Å². The van der Waals surface area contributed by atoms with Crippen molar-refractivity contribution in [1.82, 2.24) is 0 Å². The number of nitrogens with zero attached hydrogens (tertiary/aromatic N) is 2. The number of anilines is 3. The van der Waals surface area contributed by atoms with E-state index in [0.29, 0.717) is 6.54 Å². The van der Waals surface area contributed by atoms with E-state index in [1.807, 2.05) is 42.5 Å². The molecule has 5 heteroatoms. The van der Waals surface area contributed by atoms with Crippen LogP contribution in [0.15, 0.2) is 54.6 Å². The first-order valence-electron chi connectivity index (χ1n) is 9.72. The predicted molar refractivity (Wildman–Crippen MR) is 108 cm³/mol. The number of amides is 2. The van der Waals surface area contributed by atoms with E-state index < -0.39 is 0 Å². The molecule has 2 fully saturated rings. The number of para-hydroxylation sites is 1. The molecule has 4 rings (SSSR count). The number of carbonyl (C=O) groups is 2. The van der Waals surface area contributed by atoms with E-state index in [1.54, 1.807) is 4.90 Å². The number of nitrogens with one attached hydrogen (secondary N) is 1. The van der Waals surface area contributed by atoms with Gasteiger partial charge < -0.3 is 15.1 Å². The van der Waals surface area contributed by atoms with Crippen LogP contribution >= 0.6 is 0 Å². The van der Waals surface area contributed by atoms with Gasteiger partial charge in [-0.3, -0.25) is 9.59 Å². The Morgan fingerprint density at radius 1 is 0.889 bits per heavy atom. The second-order valence-corrected chi connectivity index (χ2v) is 7.32. The summed E-state index contributed by atoms with van der Waals surface area (Å²) in [7, 11) is 0. The Morgan fingerprint density at radius 2 is 1.59 bits per heavy atom. The molecule has 0 radical (unpaired) electrons. The Morgan fingerprint density at radius 3 is 2.30 bits per heavy atom. The van der Waals surface area contributed by atoms with Crippen molar-refractivity contribution in [2.45, 2.75) is 25.7 Å². The molecule has 0 bridgehead atoms. The summed E-state index contributed by atoms with van der Waals surface area (Å²) in [6.07, 6.45) is 4.05. The van der Waals surface area contributed by atoms with Gasteiger partial charge in [-0.15, -0.1) is 0 Å². The molecular formula is C22H25N3O2. The minimum atomic E-state index is -0.320. The Balaban J connectivity index is 1.37. The molecule has 0 spiro atoms. The summed E-state index contributed by atoms with van der Waals surface area (Å²) in [6.45, 7) is 2.64. The highest BCUT2D eigenvalue weighted by Crippen LogP contribution is 2.26. The molecule has 0 aliphatic carbocycles. The Hall–Kier alpha value is -2.82. The van der Waals surface area contributed by atoms with Crippen LogP contribution in [0.2, 0.25) is 0 Å². The summed E-state index contributed by atoms with van der Waals surface area (Å²) in [5.41, 5.74) is 2.84. The van der Waals surface area contributed by atoms with E-state index in [0.717, 1.165) is 24.5 Å². The number of piperidine rings is 1. The Bertz CT molecular complexity index is 798. The summed E-state index contributed by atoms with van der Waals surface area (Å²) in [4.78, 5) is 29.0. The fraction of sp³-hybridized carbons (Fsp3) is 0.364. The van der Waals surface area contributed by atoms with E-state index in [9.17, 15) is 9.59 Å². The lowest BCUT2D eigenvalue weighted by Crippen LogP contribution is -2.29. The van der Waals surface area contributed by atoms with Crippen LogP contribution in [0.25, 0.3) is 0 Å². The number of rotatable bonds is 4. The zero-order valence-electron chi connectivity index (χ0n) is 15.4. The fourth-order valence-corrected chi connectivity index (χ4v) is 3.89. The molecule has 0 saturated carbocycles. The second kappa shape index (κ2) is 7.82. The molecule has 2 aliphatic heterocycles. The van der Waals surface area contributed by atoms with Crippen molar-refractivity contribution in [3.05, 3.63) is 54.6 Å². The molecule has 2 aliphatic rings. The van der Waals surface area contributed by atoms with Crippen LogP contribution in [0.1, 0.15) is 25.7 Å². The molecule has 2 aromatic rings. The molecule has 2 amide bonds. The van der Waals surface area contributed by atoms with Crippen LogP contribution in [0.3, 0.4) is 0 Å². The first-order chi connectivity index (χ1) is 13.2. The summed E-state index contributed by atoms with van der Waals surface area (Å²) in [5, 5.41) is 2.97. The first kappa shape index (κ1) is 17.6. The summed E-state index contributed by atoms with van der Waals surface area (Å²) in [5.74, 6) is -0.409. The maximum Gasteiger partial charge on any atom is 0.229 e. The third-order valence-corrected chi connectivity index (χ3v) is 5.42. The first-order valence-corrected chi connectivity index (χ1v) is 9.72. The molecule has 140 valence electrons. The third kappa shape index (κ3) is 3.97. The fourth-order valence-electron chi connectivity index (χ4n) is 3.89. The normalized spacial score (nSPS) is 20.0. The van der Waals surface area contributed by atoms with Gasteiger partial charge in [-0.1, -0.05) is 18.2 Å². The van der Waals surface area contributed by atoms with E-state index in [-0.39, 0.29) is 24.2 Å². The van der Waals surface area contributed by atoms with Crippen LogP contribution in [0.4, 0.5) is 17.1 Å². The van der Waals surface area contributed by atoms with Crippen LogP contribution < -0.4 is 15.1 Å². The van der Waals surface area contributed by atoms with Crippen molar-refractivity contribution in [3.8, 4) is 0 Å². The molecule has 27 heavy (non-hydrogen) atoms. The van der Waals surface area contributed by atoms with E-state index >= 15 is 0 Å². The van der Waals surface area contributed by atoms with Gasteiger partial charge in [-0.2, -0.15) is 0 Å². The molecule has 0 aromatic heterocycles. The number of benzene rings is 2. The van der Waals surface area contributed by atoms with Crippen molar-refractivity contribution in [3.63, 3.8) is 0 Å². The van der Waals surface area contributed by atoms with Crippen LogP contribution in [-0.2, 0) is 9.59 Å². The van der Waals surface area contributed by atoms with Crippen molar-refractivity contribution in [2.75, 3.05) is 34.8 Å². The van der Waals surface area contributed by atoms with Gasteiger partial charge in [0, 0.05) is 43.1 Å². The molecule has 2 heterocycles. The minimum absolute atomic E-state index is 0.00166. The largest absolute Gasteiger partial charge is 0.372 e. The highest BCUT2D eigenvalue weighted by molar-refractivity contribution is 6.03. The number of carbonyl (C=O) groups excluding carboxylic acids is 2. The summed E-state index contributed by atoms with van der Waals surface area (Å²) >= 11 is 0. The van der Waals surface area contributed by atoms with E-state index in [1.165, 1.54) is 24.9 Å². The van der Waals surface area contributed by atoms with Crippen molar-refractivity contribution in [1.29, 1.82) is 0 Å². The maximum absolute atomic E-state index is 12.6. The lowest BCUT2D eigenvalue weighted by atomic mass is 10.1. The number of hydrogen-bond acceptors (Lipinski definition) is 3.